The predicted octanol–water partition coefficient (Wildman–Crippen LogP) is -1.32. The Kier molecular flexibility index (Phi) is 3.70. The van der Waals surface area contributed by atoms with E-state index < -0.39 is 5.91 Å². The van der Waals surface area contributed by atoms with Crippen LogP contribution in [-0.4, -0.2) is 42.9 Å². The molecule has 1 aliphatic heterocycles. The van der Waals surface area contributed by atoms with Gasteiger partial charge in [-0.25, -0.2) is 0 Å². The summed E-state index contributed by atoms with van der Waals surface area (Å²) in [4.78, 5) is 23.6. The van der Waals surface area contributed by atoms with Gasteiger partial charge < -0.3 is 11.1 Å². The fraction of sp³-hybridized carbons (Fsp3) is 0.750. The molecular formula is C8H15N3O2. The van der Waals surface area contributed by atoms with Crippen LogP contribution >= 0.6 is 0 Å². The van der Waals surface area contributed by atoms with Gasteiger partial charge in [0.2, 0.25) is 11.8 Å². The van der Waals surface area contributed by atoms with Crippen molar-refractivity contribution in [3.05, 3.63) is 0 Å². The Bertz CT molecular complexity index is 202. The van der Waals surface area contributed by atoms with Crippen LogP contribution in [0.5, 0.6) is 0 Å². The summed E-state index contributed by atoms with van der Waals surface area (Å²) in [6.45, 7) is 3.84. The minimum atomic E-state index is -0.430. The van der Waals surface area contributed by atoms with Gasteiger partial charge in [0, 0.05) is 39.0 Å². The molecule has 1 heterocycles. The highest BCUT2D eigenvalue weighted by atomic mass is 16.2. The molecule has 0 atom stereocenters. The third kappa shape index (κ3) is 5.19. The minimum absolute atomic E-state index is 0.0966. The van der Waals surface area contributed by atoms with Crippen LogP contribution in [0.25, 0.3) is 0 Å². The third-order valence-electron chi connectivity index (χ3n) is 1.89. The van der Waals surface area contributed by atoms with Crippen molar-refractivity contribution < 1.29 is 9.59 Å². The van der Waals surface area contributed by atoms with E-state index in [-0.39, 0.29) is 18.7 Å². The lowest BCUT2D eigenvalue weighted by atomic mass is 10.3. The molecule has 1 fully saturated rings. The van der Waals surface area contributed by atoms with Crippen LogP contribution in [0.3, 0.4) is 0 Å². The molecule has 0 radical (unpaired) electrons. The second kappa shape index (κ2) is 4.81. The number of rotatable bonds is 6. The van der Waals surface area contributed by atoms with Crippen molar-refractivity contribution in [3.8, 4) is 0 Å². The van der Waals surface area contributed by atoms with E-state index in [4.69, 9.17) is 5.73 Å². The van der Waals surface area contributed by atoms with Crippen molar-refractivity contribution >= 4 is 11.8 Å². The fourth-order valence-electron chi connectivity index (χ4n) is 0.973. The first kappa shape index (κ1) is 9.98. The van der Waals surface area contributed by atoms with Gasteiger partial charge in [-0.3, -0.25) is 14.5 Å². The zero-order valence-corrected chi connectivity index (χ0v) is 7.58. The Hall–Kier alpha value is -1.10. The van der Waals surface area contributed by atoms with Gasteiger partial charge in [-0.2, -0.15) is 0 Å². The summed E-state index contributed by atoms with van der Waals surface area (Å²) in [6.07, 6.45) is 0.338. The molecule has 0 aromatic carbocycles. The van der Waals surface area contributed by atoms with E-state index in [1.54, 1.807) is 0 Å². The lowest BCUT2D eigenvalue weighted by Crippen LogP contribution is -2.29. The van der Waals surface area contributed by atoms with Crippen molar-refractivity contribution in [1.82, 2.24) is 10.2 Å². The topological polar surface area (TPSA) is 75.2 Å². The highest BCUT2D eigenvalue weighted by Gasteiger charge is 2.15. The van der Waals surface area contributed by atoms with Crippen molar-refractivity contribution in [2.24, 2.45) is 5.73 Å². The Morgan fingerprint density at radius 1 is 1.31 bits per heavy atom. The molecule has 0 bridgehead atoms. The molecule has 0 aromatic heterocycles. The van der Waals surface area contributed by atoms with E-state index in [1.807, 2.05) is 0 Å². The molecule has 5 nitrogen and oxygen atoms in total. The van der Waals surface area contributed by atoms with Gasteiger partial charge in [0.25, 0.3) is 0 Å². The van der Waals surface area contributed by atoms with E-state index in [2.05, 4.69) is 10.2 Å². The van der Waals surface area contributed by atoms with Crippen molar-refractivity contribution in [3.63, 3.8) is 0 Å². The zero-order chi connectivity index (χ0) is 9.68. The second-order valence-electron chi connectivity index (χ2n) is 3.16. The number of carbonyl (C=O) groups excluding carboxylic acids is 2. The summed E-state index contributed by atoms with van der Waals surface area (Å²) in [5.41, 5.74) is 4.90. The van der Waals surface area contributed by atoms with Crippen LogP contribution in [-0.2, 0) is 9.59 Å². The molecule has 0 spiro atoms. The van der Waals surface area contributed by atoms with E-state index in [9.17, 15) is 9.59 Å². The van der Waals surface area contributed by atoms with Gasteiger partial charge in [0.1, 0.15) is 0 Å². The number of amides is 2. The average Bonchev–Trinajstić information content (AvgIpc) is 2.84. The molecule has 1 saturated heterocycles. The Labute approximate surface area is 77.3 Å². The molecule has 74 valence electrons. The predicted molar refractivity (Wildman–Crippen MR) is 47.9 cm³/mol. The first-order chi connectivity index (χ1) is 6.18. The van der Waals surface area contributed by atoms with Crippen LogP contribution in [0.1, 0.15) is 12.8 Å². The first-order valence-electron chi connectivity index (χ1n) is 4.46. The number of nitrogens with two attached hydrogens (primary N) is 1. The molecule has 2 amide bonds. The number of carbonyl (C=O) groups is 2. The standard InChI is InChI=1S/C8H15N3O2/c9-7(12)1-2-8(13)10-3-4-11-5-6-11/h1-6H2,(H2,9,12)(H,10,13). The molecule has 1 rings (SSSR count). The van der Waals surface area contributed by atoms with E-state index in [0.29, 0.717) is 6.54 Å². The molecule has 0 aromatic rings. The Morgan fingerprint density at radius 2 is 2.00 bits per heavy atom. The molecule has 5 heteroatoms. The summed E-state index contributed by atoms with van der Waals surface area (Å²) in [5, 5.41) is 2.72. The van der Waals surface area contributed by atoms with Gasteiger partial charge in [0.15, 0.2) is 0 Å². The zero-order valence-electron chi connectivity index (χ0n) is 7.58. The minimum Gasteiger partial charge on any atom is -0.370 e. The van der Waals surface area contributed by atoms with Crippen molar-refractivity contribution in [1.29, 1.82) is 0 Å². The molecule has 1 aliphatic rings. The molecule has 0 unspecified atom stereocenters. The second-order valence-corrected chi connectivity index (χ2v) is 3.16. The molecule has 0 aliphatic carbocycles. The van der Waals surface area contributed by atoms with Crippen molar-refractivity contribution in [2.45, 2.75) is 12.8 Å². The average molecular weight is 185 g/mol. The summed E-state index contributed by atoms with van der Waals surface area (Å²) in [7, 11) is 0. The number of primary amides is 1. The van der Waals surface area contributed by atoms with E-state index >= 15 is 0 Å². The lowest BCUT2D eigenvalue weighted by molar-refractivity contribution is -0.125. The fourth-order valence-corrected chi connectivity index (χ4v) is 0.973. The number of nitrogens with one attached hydrogen (secondary N) is 1. The van der Waals surface area contributed by atoms with Crippen molar-refractivity contribution in [2.75, 3.05) is 26.2 Å². The SMILES string of the molecule is NC(=O)CCC(=O)NCCN1CC1. The summed E-state index contributed by atoms with van der Waals surface area (Å²) >= 11 is 0. The highest BCUT2D eigenvalue weighted by Crippen LogP contribution is 1.99. The largest absolute Gasteiger partial charge is 0.370 e. The molecule has 13 heavy (non-hydrogen) atoms. The summed E-state index contributed by atoms with van der Waals surface area (Å²) < 4.78 is 0. The smallest absolute Gasteiger partial charge is 0.220 e. The van der Waals surface area contributed by atoms with Crippen LogP contribution < -0.4 is 11.1 Å². The van der Waals surface area contributed by atoms with Gasteiger partial charge in [-0.15, -0.1) is 0 Å². The van der Waals surface area contributed by atoms with Gasteiger partial charge in [-0.05, 0) is 0 Å². The Morgan fingerprint density at radius 3 is 2.54 bits per heavy atom. The maximum absolute atomic E-state index is 11.0. The van der Waals surface area contributed by atoms with Gasteiger partial charge in [-0.1, -0.05) is 0 Å². The maximum atomic E-state index is 11.0. The highest BCUT2D eigenvalue weighted by molar-refractivity contribution is 5.82. The van der Waals surface area contributed by atoms with E-state index in [1.165, 1.54) is 0 Å². The Balaban J connectivity index is 1.93. The van der Waals surface area contributed by atoms with Crippen LogP contribution in [0.4, 0.5) is 0 Å². The normalized spacial score (nSPS) is 15.4. The third-order valence-corrected chi connectivity index (χ3v) is 1.89. The van der Waals surface area contributed by atoms with Crippen LogP contribution in [0.15, 0.2) is 0 Å². The lowest BCUT2D eigenvalue weighted by Gasteiger charge is -2.03. The molecule has 0 saturated carbocycles. The number of hydrogen-bond acceptors (Lipinski definition) is 3. The number of hydrogen-bond donors (Lipinski definition) is 2. The van der Waals surface area contributed by atoms with Gasteiger partial charge in [0.05, 0.1) is 0 Å². The molecular weight excluding hydrogens is 170 g/mol. The quantitative estimate of drug-likeness (QED) is 0.504. The van der Waals surface area contributed by atoms with Gasteiger partial charge >= 0.3 is 0 Å². The van der Waals surface area contributed by atoms with Crippen LogP contribution in [0.2, 0.25) is 0 Å². The maximum Gasteiger partial charge on any atom is 0.220 e. The number of nitrogens with zero attached hydrogens (tertiary/aromatic N) is 1. The van der Waals surface area contributed by atoms with E-state index in [0.717, 1.165) is 19.6 Å². The summed E-state index contributed by atoms with van der Waals surface area (Å²) in [5.74, 6) is -0.526. The first-order valence-corrected chi connectivity index (χ1v) is 4.46. The monoisotopic (exact) mass is 185 g/mol. The molecule has 3 N–H and O–H groups in total. The summed E-state index contributed by atoms with van der Waals surface area (Å²) in [6, 6.07) is 0. The van der Waals surface area contributed by atoms with Crippen LogP contribution in [0, 0.1) is 0 Å².